The molecule has 1 atom stereocenters. The third-order valence-corrected chi connectivity index (χ3v) is 8.23. The predicted molar refractivity (Wildman–Crippen MR) is 138 cm³/mol. The number of hydrogen-bond donors (Lipinski definition) is 1. The lowest BCUT2D eigenvalue weighted by molar-refractivity contribution is -0.119. The number of anilines is 1. The van der Waals surface area contributed by atoms with Gasteiger partial charge in [0.1, 0.15) is 18.0 Å². The smallest absolute Gasteiger partial charge is 0.264 e. The van der Waals surface area contributed by atoms with Crippen LogP contribution in [0, 0.1) is 0 Å². The molecule has 1 N–H and O–H groups in total. The molecule has 1 fully saturated rings. The highest BCUT2D eigenvalue weighted by Crippen LogP contribution is 2.32. The maximum atomic E-state index is 13.6. The Morgan fingerprint density at radius 3 is 2.51 bits per heavy atom. The summed E-state index contributed by atoms with van der Waals surface area (Å²) in [5.74, 6) is 0.552. The summed E-state index contributed by atoms with van der Waals surface area (Å²) < 4.78 is 38.8. The first-order valence-corrected chi connectivity index (χ1v) is 13.6. The molecule has 8 nitrogen and oxygen atoms in total. The van der Waals surface area contributed by atoms with Crippen molar-refractivity contribution >= 4 is 21.6 Å². The standard InChI is InChI=1S/C26H37N3O5S/c1-4-21-10-7-8-18-28(21)19-9-17-27-26(30)20-29(24-11-5-6-12-25(24)34-3)35(31,32)23-15-13-22(33-2)14-16-23/h5-6,11-16,21H,4,7-10,17-20H2,1-3H3,(H,27,30). The van der Waals surface area contributed by atoms with E-state index in [0.717, 1.165) is 30.2 Å². The van der Waals surface area contributed by atoms with E-state index in [2.05, 4.69) is 17.1 Å². The van der Waals surface area contributed by atoms with Crippen LogP contribution < -0.4 is 19.1 Å². The van der Waals surface area contributed by atoms with Gasteiger partial charge in [0.15, 0.2) is 0 Å². The van der Waals surface area contributed by atoms with Crippen molar-refractivity contribution in [3.05, 3.63) is 48.5 Å². The first-order valence-electron chi connectivity index (χ1n) is 12.2. The Morgan fingerprint density at radius 1 is 1.09 bits per heavy atom. The first-order chi connectivity index (χ1) is 16.9. The van der Waals surface area contributed by atoms with Crippen molar-refractivity contribution in [1.29, 1.82) is 0 Å². The monoisotopic (exact) mass is 503 g/mol. The minimum absolute atomic E-state index is 0.0627. The second kappa shape index (κ2) is 12.8. The normalized spacial score (nSPS) is 16.5. The van der Waals surface area contributed by atoms with Crippen molar-refractivity contribution < 1.29 is 22.7 Å². The number of nitrogens with one attached hydrogen (secondary N) is 1. The highest BCUT2D eigenvalue weighted by molar-refractivity contribution is 7.92. The lowest BCUT2D eigenvalue weighted by Gasteiger charge is -2.35. The molecule has 0 bridgehead atoms. The van der Waals surface area contributed by atoms with Gasteiger partial charge in [0.05, 0.1) is 24.8 Å². The summed E-state index contributed by atoms with van der Waals surface area (Å²) in [4.78, 5) is 15.5. The molecule has 35 heavy (non-hydrogen) atoms. The topological polar surface area (TPSA) is 88.2 Å². The molecule has 0 aliphatic carbocycles. The Morgan fingerprint density at radius 2 is 1.83 bits per heavy atom. The number of hydrogen-bond acceptors (Lipinski definition) is 6. The number of para-hydroxylation sites is 2. The van der Waals surface area contributed by atoms with E-state index in [9.17, 15) is 13.2 Å². The minimum Gasteiger partial charge on any atom is -0.497 e. The predicted octanol–water partition coefficient (Wildman–Crippen LogP) is 3.67. The quantitative estimate of drug-likeness (QED) is 0.445. The number of rotatable bonds is 12. The Hall–Kier alpha value is -2.78. The summed E-state index contributed by atoms with van der Waals surface area (Å²) in [6.07, 6.45) is 5.71. The van der Waals surface area contributed by atoms with E-state index in [1.807, 2.05) is 0 Å². The van der Waals surface area contributed by atoms with Gasteiger partial charge in [0.2, 0.25) is 5.91 Å². The molecule has 0 saturated carbocycles. The molecule has 2 aromatic carbocycles. The highest BCUT2D eigenvalue weighted by atomic mass is 32.2. The van der Waals surface area contributed by atoms with E-state index < -0.39 is 10.0 Å². The largest absolute Gasteiger partial charge is 0.497 e. The number of likely N-dealkylation sites (tertiary alicyclic amines) is 1. The van der Waals surface area contributed by atoms with Crippen molar-refractivity contribution in [3.8, 4) is 11.5 Å². The number of nitrogens with zero attached hydrogens (tertiary/aromatic N) is 2. The summed E-state index contributed by atoms with van der Waals surface area (Å²) in [5.41, 5.74) is 0.306. The van der Waals surface area contributed by atoms with Crippen molar-refractivity contribution in [2.75, 3.05) is 44.7 Å². The Labute approximate surface area is 209 Å². The number of carbonyl (C=O) groups is 1. The molecule has 1 unspecified atom stereocenters. The first kappa shape index (κ1) is 26.8. The maximum Gasteiger partial charge on any atom is 0.264 e. The number of sulfonamides is 1. The van der Waals surface area contributed by atoms with E-state index in [0.29, 0.717) is 29.8 Å². The average molecular weight is 504 g/mol. The number of carbonyl (C=O) groups excluding carboxylic acids is 1. The molecule has 2 aromatic rings. The van der Waals surface area contributed by atoms with E-state index in [-0.39, 0.29) is 17.3 Å². The highest BCUT2D eigenvalue weighted by Gasteiger charge is 2.29. The fraction of sp³-hybridized carbons (Fsp3) is 0.500. The molecule has 1 saturated heterocycles. The number of ether oxygens (including phenoxy) is 2. The van der Waals surface area contributed by atoms with Gasteiger partial charge in [0, 0.05) is 19.1 Å². The molecule has 1 aliphatic rings. The SMILES string of the molecule is CCC1CCCCN1CCCNC(=O)CN(c1ccccc1OC)S(=O)(=O)c1ccc(OC)cc1. The second-order valence-corrected chi connectivity index (χ2v) is 10.5. The van der Waals surface area contributed by atoms with Gasteiger partial charge in [0.25, 0.3) is 10.0 Å². The van der Waals surface area contributed by atoms with Gasteiger partial charge in [-0.2, -0.15) is 0 Å². The van der Waals surface area contributed by atoms with Gasteiger partial charge in [-0.15, -0.1) is 0 Å². The van der Waals surface area contributed by atoms with E-state index in [1.165, 1.54) is 45.6 Å². The Bertz CT molecular complexity index is 1060. The van der Waals surface area contributed by atoms with Crippen LogP contribution in [0.4, 0.5) is 5.69 Å². The minimum atomic E-state index is -4.04. The molecular formula is C26H37N3O5S. The number of methoxy groups -OCH3 is 2. The van der Waals surface area contributed by atoms with Crippen molar-refractivity contribution in [2.24, 2.45) is 0 Å². The van der Waals surface area contributed by atoms with Gasteiger partial charge in [-0.3, -0.25) is 9.10 Å². The third kappa shape index (κ3) is 6.89. The fourth-order valence-corrected chi connectivity index (χ4v) is 5.95. The van der Waals surface area contributed by atoms with Crippen molar-refractivity contribution in [2.45, 2.75) is 50.0 Å². The van der Waals surface area contributed by atoms with E-state index in [4.69, 9.17) is 9.47 Å². The zero-order valence-corrected chi connectivity index (χ0v) is 21.7. The summed E-state index contributed by atoms with van der Waals surface area (Å²) in [7, 11) is -1.05. The van der Waals surface area contributed by atoms with Crippen LogP contribution in [0.15, 0.2) is 53.4 Å². The van der Waals surface area contributed by atoms with E-state index >= 15 is 0 Å². The summed E-state index contributed by atoms with van der Waals surface area (Å²) in [5, 5.41) is 2.90. The zero-order valence-electron chi connectivity index (χ0n) is 20.9. The van der Waals surface area contributed by atoms with Crippen LogP contribution in [0.5, 0.6) is 11.5 Å². The molecule has 1 heterocycles. The lowest BCUT2D eigenvalue weighted by Crippen LogP contribution is -2.43. The Kier molecular flexibility index (Phi) is 9.80. The third-order valence-electron chi connectivity index (χ3n) is 6.45. The molecule has 1 amide bonds. The van der Waals surface area contributed by atoms with Crippen LogP contribution in [-0.4, -0.2) is 65.7 Å². The molecule has 3 rings (SSSR count). The van der Waals surface area contributed by atoms with Crippen LogP contribution in [0.25, 0.3) is 0 Å². The van der Waals surface area contributed by atoms with Crippen molar-refractivity contribution in [1.82, 2.24) is 10.2 Å². The van der Waals surface area contributed by atoms with Gasteiger partial charge < -0.3 is 19.7 Å². The number of benzene rings is 2. The second-order valence-electron chi connectivity index (χ2n) is 8.66. The maximum absolute atomic E-state index is 13.6. The summed E-state index contributed by atoms with van der Waals surface area (Å²) in [6.45, 7) is 4.40. The average Bonchev–Trinajstić information content (AvgIpc) is 2.89. The molecule has 1 aliphatic heterocycles. The number of piperidine rings is 1. The molecule has 0 spiro atoms. The van der Waals surface area contributed by atoms with Gasteiger partial charge >= 0.3 is 0 Å². The number of amides is 1. The summed E-state index contributed by atoms with van der Waals surface area (Å²) in [6, 6.07) is 13.5. The van der Waals surface area contributed by atoms with Crippen LogP contribution in [0.3, 0.4) is 0 Å². The summed E-state index contributed by atoms with van der Waals surface area (Å²) >= 11 is 0. The molecule has 9 heteroatoms. The Balaban J connectivity index is 1.71. The van der Waals surface area contributed by atoms with Crippen LogP contribution in [0.2, 0.25) is 0 Å². The fourth-order valence-electron chi connectivity index (χ4n) is 4.52. The van der Waals surface area contributed by atoms with E-state index in [1.54, 1.807) is 36.4 Å². The van der Waals surface area contributed by atoms with Gasteiger partial charge in [-0.25, -0.2) is 8.42 Å². The zero-order chi connectivity index (χ0) is 25.3. The molecule has 192 valence electrons. The lowest BCUT2D eigenvalue weighted by atomic mass is 10.00. The van der Waals surface area contributed by atoms with Gasteiger partial charge in [-0.1, -0.05) is 25.5 Å². The molecule has 0 radical (unpaired) electrons. The molecule has 0 aromatic heterocycles. The molecular weight excluding hydrogens is 466 g/mol. The van der Waals surface area contributed by atoms with Crippen LogP contribution in [0.1, 0.15) is 39.0 Å². The van der Waals surface area contributed by atoms with Gasteiger partial charge in [-0.05, 0) is 68.6 Å². The van der Waals surface area contributed by atoms with Crippen LogP contribution >= 0.6 is 0 Å². The van der Waals surface area contributed by atoms with Crippen molar-refractivity contribution in [3.63, 3.8) is 0 Å². The van der Waals surface area contributed by atoms with Crippen LogP contribution in [-0.2, 0) is 14.8 Å².